The van der Waals surface area contributed by atoms with Crippen molar-refractivity contribution in [1.82, 2.24) is 9.80 Å². The number of benzene rings is 1. The fourth-order valence-corrected chi connectivity index (χ4v) is 3.35. The number of amides is 1. The fraction of sp³-hybridized carbons (Fsp3) is 0.474. The summed E-state index contributed by atoms with van der Waals surface area (Å²) in [7, 11) is 0. The van der Waals surface area contributed by atoms with Gasteiger partial charge in [0, 0.05) is 38.6 Å². The minimum Gasteiger partial charge on any atom is -0.340 e. The van der Waals surface area contributed by atoms with Crippen LogP contribution in [0.4, 0.5) is 0 Å². The molecule has 1 heterocycles. The lowest BCUT2D eigenvalue weighted by atomic mass is 9.93. The van der Waals surface area contributed by atoms with Crippen LogP contribution in [0, 0.1) is 17.2 Å². The van der Waals surface area contributed by atoms with Crippen LogP contribution in [-0.2, 0) is 11.3 Å². The number of hydrogen-bond donors (Lipinski definition) is 0. The Labute approximate surface area is 138 Å². The second kappa shape index (κ2) is 7.43. The number of allylic oxidation sites excluding steroid dienone is 2. The molecule has 1 aromatic rings. The van der Waals surface area contributed by atoms with E-state index in [1.165, 1.54) is 5.56 Å². The number of hydrogen-bond acceptors (Lipinski definition) is 3. The highest BCUT2D eigenvalue weighted by Gasteiger charge is 2.27. The summed E-state index contributed by atoms with van der Waals surface area (Å²) in [5.74, 6) is 0.539. The van der Waals surface area contributed by atoms with E-state index in [-0.39, 0.29) is 5.92 Å². The number of rotatable bonds is 3. The zero-order chi connectivity index (χ0) is 16.1. The average Bonchev–Trinajstić information content (AvgIpc) is 2.63. The zero-order valence-electron chi connectivity index (χ0n) is 13.4. The van der Waals surface area contributed by atoms with Gasteiger partial charge in [-0.1, -0.05) is 24.3 Å². The van der Waals surface area contributed by atoms with Gasteiger partial charge < -0.3 is 4.90 Å². The molecule has 0 saturated carbocycles. The predicted molar refractivity (Wildman–Crippen MR) is 89.5 cm³/mol. The molecular weight excluding hydrogens is 286 g/mol. The highest BCUT2D eigenvalue weighted by molar-refractivity contribution is 5.79. The zero-order valence-corrected chi connectivity index (χ0v) is 13.4. The van der Waals surface area contributed by atoms with Crippen molar-refractivity contribution in [2.24, 2.45) is 5.92 Å². The molecule has 120 valence electrons. The van der Waals surface area contributed by atoms with E-state index in [2.05, 4.69) is 23.1 Å². The van der Waals surface area contributed by atoms with Crippen molar-refractivity contribution in [3.05, 3.63) is 47.5 Å². The smallest absolute Gasteiger partial charge is 0.226 e. The lowest BCUT2D eigenvalue weighted by Crippen LogP contribution is -2.50. The molecule has 1 atom stereocenters. The van der Waals surface area contributed by atoms with Crippen molar-refractivity contribution < 1.29 is 4.79 Å². The lowest BCUT2D eigenvalue weighted by molar-refractivity contribution is -0.137. The second-order valence-corrected chi connectivity index (χ2v) is 6.39. The summed E-state index contributed by atoms with van der Waals surface area (Å²) in [6.07, 6.45) is 7.27. The van der Waals surface area contributed by atoms with Gasteiger partial charge in [0.2, 0.25) is 5.91 Å². The maximum atomic E-state index is 12.5. The third-order valence-corrected chi connectivity index (χ3v) is 4.79. The summed E-state index contributed by atoms with van der Waals surface area (Å²) in [5, 5.41) is 8.84. The Bertz CT molecular complexity index is 606. The van der Waals surface area contributed by atoms with Crippen LogP contribution in [0.25, 0.3) is 0 Å². The maximum absolute atomic E-state index is 12.5. The van der Waals surface area contributed by atoms with Gasteiger partial charge in [-0.25, -0.2) is 0 Å². The van der Waals surface area contributed by atoms with E-state index in [1.807, 2.05) is 29.2 Å². The summed E-state index contributed by atoms with van der Waals surface area (Å²) >= 11 is 0. The Hall–Kier alpha value is -2.12. The molecule has 1 amide bonds. The molecular formula is C19H23N3O. The van der Waals surface area contributed by atoms with Crippen molar-refractivity contribution >= 4 is 5.91 Å². The summed E-state index contributed by atoms with van der Waals surface area (Å²) in [4.78, 5) is 17.0. The van der Waals surface area contributed by atoms with Crippen LogP contribution < -0.4 is 0 Å². The monoisotopic (exact) mass is 309 g/mol. The quantitative estimate of drug-likeness (QED) is 0.806. The van der Waals surface area contributed by atoms with Gasteiger partial charge in [0.15, 0.2) is 0 Å². The topological polar surface area (TPSA) is 47.3 Å². The van der Waals surface area contributed by atoms with Gasteiger partial charge in [0.25, 0.3) is 0 Å². The van der Waals surface area contributed by atoms with Crippen molar-refractivity contribution in [3.8, 4) is 6.07 Å². The van der Waals surface area contributed by atoms with Crippen molar-refractivity contribution in [2.75, 3.05) is 26.2 Å². The van der Waals surface area contributed by atoms with Crippen molar-refractivity contribution in [1.29, 1.82) is 5.26 Å². The lowest BCUT2D eigenvalue weighted by Gasteiger charge is -2.36. The Morgan fingerprint density at radius 1 is 1.13 bits per heavy atom. The normalized spacial score (nSPS) is 21.9. The molecule has 1 unspecified atom stereocenters. The van der Waals surface area contributed by atoms with Gasteiger partial charge in [0.1, 0.15) is 0 Å². The molecule has 1 fully saturated rings. The second-order valence-electron chi connectivity index (χ2n) is 6.39. The summed E-state index contributed by atoms with van der Waals surface area (Å²) < 4.78 is 0. The molecule has 0 bridgehead atoms. The molecule has 1 aromatic carbocycles. The third-order valence-electron chi connectivity index (χ3n) is 4.79. The summed E-state index contributed by atoms with van der Waals surface area (Å²) in [5.41, 5.74) is 1.92. The van der Waals surface area contributed by atoms with Crippen molar-refractivity contribution in [2.45, 2.75) is 25.8 Å². The molecule has 1 aliphatic heterocycles. The Morgan fingerprint density at radius 2 is 1.87 bits per heavy atom. The van der Waals surface area contributed by atoms with Gasteiger partial charge in [-0.2, -0.15) is 5.26 Å². The first-order valence-corrected chi connectivity index (χ1v) is 8.41. The standard InChI is InChI=1S/C19H23N3O/c20-14-16-6-8-17(9-7-16)15-21-10-12-22(13-11-21)19(23)18-4-2-1-3-5-18/h1-2,6-9,18H,3-5,10-13,15H2. The van der Waals surface area contributed by atoms with Gasteiger partial charge in [-0.3, -0.25) is 9.69 Å². The molecule has 4 nitrogen and oxygen atoms in total. The fourth-order valence-electron chi connectivity index (χ4n) is 3.35. The Morgan fingerprint density at radius 3 is 2.48 bits per heavy atom. The third kappa shape index (κ3) is 4.00. The Balaban J connectivity index is 1.49. The summed E-state index contributed by atoms with van der Waals surface area (Å²) in [6.45, 7) is 4.40. The molecule has 0 radical (unpaired) electrons. The van der Waals surface area contributed by atoms with Crippen LogP contribution >= 0.6 is 0 Å². The van der Waals surface area contributed by atoms with E-state index in [0.29, 0.717) is 11.5 Å². The van der Waals surface area contributed by atoms with Crippen LogP contribution in [0.2, 0.25) is 0 Å². The van der Waals surface area contributed by atoms with Gasteiger partial charge in [-0.15, -0.1) is 0 Å². The maximum Gasteiger partial charge on any atom is 0.226 e. The highest BCUT2D eigenvalue weighted by Crippen LogP contribution is 2.21. The Kier molecular flexibility index (Phi) is 5.09. The molecule has 0 spiro atoms. The molecule has 4 heteroatoms. The van der Waals surface area contributed by atoms with Crippen molar-refractivity contribution in [3.63, 3.8) is 0 Å². The largest absolute Gasteiger partial charge is 0.340 e. The van der Waals surface area contributed by atoms with E-state index in [1.54, 1.807) is 0 Å². The molecule has 1 aliphatic carbocycles. The van der Waals surface area contributed by atoms with E-state index >= 15 is 0 Å². The number of nitriles is 1. The molecule has 0 aromatic heterocycles. The number of piperazine rings is 1. The van der Waals surface area contributed by atoms with E-state index in [9.17, 15) is 4.79 Å². The van der Waals surface area contributed by atoms with E-state index in [4.69, 9.17) is 5.26 Å². The first-order valence-electron chi connectivity index (χ1n) is 8.41. The first-order chi connectivity index (χ1) is 11.3. The van der Waals surface area contributed by atoms with Crippen LogP contribution in [0.1, 0.15) is 30.4 Å². The number of nitrogens with zero attached hydrogens (tertiary/aromatic N) is 3. The van der Waals surface area contributed by atoms with Crippen LogP contribution in [0.3, 0.4) is 0 Å². The van der Waals surface area contributed by atoms with Crippen LogP contribution in [0.5, 0.6) is 0 Å². The van der Waals surface area contributed by atoms with Gasteiger partial charge in [0.05, 0.1) is 11.6 Å². The highest BCUT2D eigenvalue weighted by atomic mass is 16.2. The minimum absolute atomic E-state index is 0.199. The SMILES string of the molecule is N#Cc1ccc(CN2CCN(C(=O)C3CC=CCC3)CC2)cc1. The summed E-state index contributed by atoms with van der Waals surface area (Å²) in [6, 6.07) is 9.91. The average molecular weight is 309 g/mol. The van der Waals surface area contributed by atoms with E-state index < -0.39 is 0 Å². The molecule has 1 saturated heterocycles. The predicted octanol–water partition coefficient (Wildman–Crippen LogP) is 2.56. The van der Waals surface area contributed by atoms with Gasteiger partial charge in [-0.05, 0) is 37.0 Å². The first kappa shape index (κ1) is 15.8. The molecule has 3 rings (SSSR count). The molecule has 2 aliphatic rings. The van der Waals surface area contributed by atoms with Gasteiger partial charge >= 0.3 is 0 Å². The van der Waals surface area contributed by atoms with E-state index in [0.717, 1.165) is 52.0 Å². The van der Waals surface area contributed by atoms with Crippen LogP contribution in [0.15, 0.2) is 36.4 Å². The molecule has 0 N–H and O–H groups in total. The minimum atomic E-state index is 0.199. The number of carbonyl (C=O) groups excluding carboxylic acids is 1. The molecule has 23 heavy (non-hydrogen) atoms. The van der Waals surface area contributed by atoms with Crippen LogP contribution in [-0.4, -0.2) is 41.9 Å². The number of carbonyl (C=O) groups is 1.